The van der Waals surface area contributed by atoms with Gasteiger partial charge in [-0.1, -0.05) is 36.4 Å². The highest BCUT2D eigenvalue weighted by molar-refractivity contribution is 7.98. The molecule has 0 aliphatic rings. The van der Waals surface area contributed by atoms with Crippen LogP contribution in [0.4, 0.5) is 0 Å². The predicted molar refractivity (Wildman–Crippen MR) is 132 cm³/mol. The van der Waals surface area contributed by atoms with Crippen molar-refractivity contribution < 1.29 is 9.53 Å². The minimum atomic E-state index is -0.271. The van der Waals surface area contributed by atoms with Crippen molar-refractivity contribution in [2.75, 3.05) is 0 Å². The third-order valence-electron chi connectivity index (χ3n) is 6.47. The summed E-state index contributed by atoms with van der Waals surface area (Å²) in [6.07, 6.45) is 0. The molecule has 162 valence electrons. The van der Waals surface area contributed by atoms with E-state index in [1.54, 1.807) is 0 Å². The van der Waals surface area contributed by atoms with Gasteiger partial charge in [0.2, 0.25) is 0 Å². The van der Waals surface area contributed by atoms with Gasteiger partial charge in [-0.25, -0.2) is 4.79 Å². The lowest BCUT2D eigenvalue weighted by Gasteiger charge is -2.21. The summed E-state index contributed by atoms with van der Waals surface area (Å²) in [7, 11) is 0. The summed E-state index contributed by atoms with van der Waals surface area (Å²) < 4.78 is 6.05. The number of ether oxygens (including phenoxy) is 1. The molecule has 2 nitrogen and oxygen atoms in total. The summed E-state index contributed by atoms with van der Waals surface area (Å²) in [6.45, 7) is 16.5. The van der Waals surface area contributed by atoms with Gasteiger partial charge in [-0.15, -0.1) is 11.8 Å². The van der Waals surface area contributed by atoms with Gasteiger partial charge in [0.25, 0.3) is 0 Å². The predicted octanol–water partition coefficient (Wildman–Crippen LogP) is 7.67. The van der Waals surface area contributed by atoms with Gasteiger partial charge >= 0.3 is 5.97 Å². The van der Waals surface area contributed by atoms with Gasteiger partial charge in [0.1, 0.15) is 5.75 Å². The number of benzene rings is 3. The quantitative estimate of drug-likeness (QED) is 0.235. The van der Waals surface area contributed by atoms with Gasteiger partial charge in [0.15, 0.2) is 0 Å². The van der Waals surface area contributed by atoms with Crippen LogP contribution < -0.4 is 4.74 Å². The Labute approximate surface area is 191 Å². The molecule has 0 aromatic heterocycles. The van der Waals surface area contributed by atoms with Crippen LogP contribution in [-0.4, -0.2) is 5.97 Å². The molecule has 31 heavy (non-hydrogen) atoms. The molecule has 0 heterocycles. The average Bonchev–Trinajstić information content (AvgIpc) is 2.74. The van der Waals surface area contributed by atoms with E-state index in [1.165, 1.54) is 27.1 Å². The summed E-state index contributed by atoms with van der Waals surface area (Å²) >= 11 is 1.85. The molecule has 3 rings (SSSR count). The molecule has 0 N–H and O–H groups in total. The average molecular weight is 433 g/mol. The molecule has 3 heteroatoms. The number of esters is 1. The van der Waals surface area contributed by atoms with Crippen molar-refractivity contribution >= 4 is 17.7 Å². The lowest BCUT2D eigenvalue weighted by Crippen LogP contribution is -2.15. The van der Waals surface area contributed by atoms with E-state index in [0.29, 0.717) is 11.3 Å². The SMILES string of the molecule is Cc1cc(C)c(C(=O)Oc2c(C)c(C)c(SCc3ccccc3)c(C)c2C)c(C)c1C. The highest BCUT2D eigenvalue weighted by atomic mass is 32.2. The Morgan fingerprint density at radius 3 is 1.90 bits per heavy atom. The van der Waals surface area contributed by atoms with Crippen LogP contribution in [0.3, 0.4) is 0 Å². The highest BCUT2D eigenvalue weighted by Crippen LogP contribution is 2.39. The Hall–Kier alpha value is -2.52. The number of hydrogen-bond donors (Lipinski definition) is 0. The molecule has 0 atom stereocenters. The fourth-order valence-electron chi connectivity index (χ4n) is 4.09. The molecular formula is C28H32O2S. The number of rotatable bonds is 5. The molecule has 0 fully saturated rings. The van der Waals surface area contributed by atoms with Crippen LogP contribution in [0, 0.1) is 55.4 Å². The Balaban J connectivity index is 1.95. The van der Waals surface area contributed by atoms with E-state index in [-0.39, 0.29) is 5.97 Å². The minimum Gasteiger partial charge on any atom is -0.422 e. The molecule has 0 saturated carbocycles. The van der Waals surface area contributed by atoms with Crippen LogP contribution in [0.5, 0.6) is 5.75 Å². The first-order valence-corrected chi connectivity index (χ1v) is 11.7. The van der Waals surface area contributed by atoms with E-state index in [1.807, 2.05) is 31.7 Å². The fourth-order valence-corrected chi connectivity index (χ4v) is 5.33. The largest absolute Gasteiger partial charge is 0.422 e. The minimum absolute atomic E-state index is 0.271. The molecule has 0 radical (unpaired) electrons. The second-order valence-electron chi connectivity index (χ2n) is 8.46. The van der Waals surface area contributed by atoms with Crippen LogP contribution in [0.2, 0.25) is 0 Å². The standard InChI is InChI=1S/C28H32O2S/c1-16-14-17(2)25(19(4)18(16)3)28(29)30-26-20(5)22(7)27(23(8)21(26)6)31-15-24-12-10-9-11-13-24/h9-14H,15H2,1-8H3. The maximum atomic E-state index is 13.2. The van der Waals surface area contributed by atoms with E-state index in [0.717, 1.165) is 33.6 Å². The van der Waals surface area contributed by atoms with E-state index in [4.69, 9.17) is 4.74 Å². The van der Waals surface area contributed by atoms with E-state index < -0.39 is 0 Å². The molecule has 3 aromatic rings. The zero-order valence-electron chi connectivity index (χ0n) is 19.9. The van der Waals surface area contributed by atoms with Crippen molar-refractivity contribution in [3.63, 3.8) is 0 Å². The molecular weight excluding hydrogens is 400 g/mol. The third-order valence-corrected chi connectivity index (χ3v) is 7.85. The van der Waals surface area contributed by atoms with Gasteiger partial charge in [0.05, 0.1) is 5.56 Å². The Morgan fingerprint density at radius 2 is 1.32 bits per heavy atom. The van der Waals surface area contributed by atoms with Crippen molar-refractivity contribution in [3.05, 3.63) is 92.0 Å². The van der Waals surface area contributed by atoms with Gasteiger partial charge in [0, 0.05) is 10.6 Å². The van der Waals surface area contributed by atoms with Crippen LogP contribution >= 0.6 is 11.8 Å². The monoisotopic (exact) mass is 432 g/mol. The van der Waals surface area contributed by atoms with E-state index >= 15 is 0 Å². The second kappa shape index (κ2) is 9.32. The lowest BCUT2D eigenvalue weighted by molar-refractivity contribution is 0.0730. The molecule has 0 spiro atoms. The first kappa shape index (κ1) is 23.1. The summed E-state index contributed by atoms with van der Waals surface area (Å²) in [6, 6.07) is 12.6. The smallest absolute Gasteiger partial charge is 0.344 e. The zero-order chi connectivity index (χ0) is 22.9. The maximum Gasteiger partial charge on any atom is 0.344 e. The normalized spacial score (nSPS) is 11.0. The number of carbonyl (C=O) groups excluding carboxylic acids is 1. The third kappa shape index (κ3) is 4.57. The summed E-state index contributed by atoms with van der Waals surface area (Å²) in [5.41, 5.74) is 10.7. The zero-order valence-corrected chi connectivity index (χ0v) is 20.7. The number of thioether (sulfide) groups is 1. The summed E-state index contributed by atoms with van der Waals surface area (Å²) in [5, 5.41) is 0. The Bertz CT molecular complexity index is 1110. The van der Waals surface area contributed by atoms with Crippen molar-refractivity contribution in [2.24, 2.45) is 0 Å². The Morgan fingerprint density at radius 1 is 0.742 bits per heavy atom. The van der Waals surface area contributed by atoms with E-state index in [2.05, 4.69) is 71.9 Å². The van der Waals surface area contributed by atoms with Gasteiger partial charge < -0.3 is 4.74 Å². The van der Waals surface area contributed by atoms with Gasteiger partial charge in [-0.05, 0) is 105 Å². The van der Waals surface area contributed by atoms with Crippen molar-refractivity contribution in [2.45, 2.75) is 66.0 Å². The summed E-state index contributed by atoms with van der Waals surface area (Å²) in [5.74, 6) is 1.34. The van der Waals surface area contributed by atoms with E-state index in [9.17, 15) is 4.79 Å². The molecule has 0 amide bonds. The fraction of sp³-hybridized carbons (Fsp3) is 0.321. The van der Waals surface area contributed by atoms with Crippen LogP contribution in [0.25, 0.3) is 0 Å². The highest BCUT2D eigenvalue weighted by Gasteiger charge is 2.22. The van der Waals surface area contributed by atoms with Crippen LogP contribution in [0.1, 0.15) is 60.4 Å². The van der Waals surface area contributed by atoms with Crippen molar-refractivity contribution in [1.82, 2.24) is 0 Å². The molecule has 0 aliphatic heterocycles. The molecule has 3 aromatic carbocycles. The molecule has 0 aliphatic carbocycles. The molecule has 0 saturated heterocycles. The number of aryl methyl sites for hydroxylation is 2. The van der Waals surface area contributed by atoms with Crippen LogP contribution in [0.15, 0.2) is 41.3 Å². The second-order valence-corrected chi connectivity index (χ2v) is 9.44. The number of carbonyl (C=O) groups is 1. The molecule has 0 unspecified atom stereocenters. The summed E-state index contributed by atoms with van der Waals surface area (Å²) in [4.78, 5) is 14.5. The molecule has 0 bridgehead atoms. The van der Waals surface area contributed by atoms with Gasteiger partial charge in [-0.3, -0.25) is 0 Å². The van der Waals surface area contributed by atoms with Crippen molar-refractivity contribution in [3.8, 4) is 5.75 Å². The maximum absolute atomic E-state index is 13.2. The lowest BCUT2D eigenvalue weighted by atomic mass is 9.94. The number of hydrogen-bond acceptors (Lipinski definition) is 3. The Kier molecular flexibility index (Phi) is 6.96. The van der Waals surface area contributed by atoms with Crippen LogP contribution in [-0.2, 0) is 5.75 Å². The first-order valence-electron chi connectivity index (χ1n) is 10.7. The van der Waals surface area contributed by atoms with Crippen molar-refractivity contribution in [1.29, 1.82) is 0 Å². The first-order chi connectivity index (χ1) is 14.6. The van der Waals surface area contributed by atoms with Gasteiger partial charge in [-0.2, -0.15) is 0 Å². The topological polar surface area (TPSA) is 26.3 Å².